The lowest BCUT2D eigenvalue weighted by Gasteiger charge is -2.39. The number of hydrogen-bond acceptors (Lipinski definition) is 12. The van der Waals surface area contributed by atoms with Crippen molar-refractivity contribution in [2.75, 3.05) is 43.0 Å². The molecular weight excluding hydrogens is 844 g/mol. The summed E-state index contributed by atoms with van der Waals surface area (Å²) in [5.74, 6) is -0.494. The third-order valence-corrected chi connectivity index (χ3v) is 13.1. The first-order valence-electron chi connectivity index (χ1n) is 20.5. The van der Waals surface area contributed by atoms with Gasteiger partial charge in [-0.1, -0.05) is 55.3 Å². The molecule has 0 saturated carbocycles. The molecule has 17 heteroatoms. The number of nitro groups is 1. The molecule has 1 fully saturated rings. The second-order valence-electron chi connectivity index (χ2n) is 16.6. The number of sulfonamides is 1. The van der Waals surface area contributed by atoms with E-state index in [0.717, 1.165) is 67.1 Å². The van der Waals surface area contributed by atoms with E-state index < -0.39 is 31.4 Å². The van der Waals surface area contributed by atoms with Crippen molar-refractivity contribution in [2.45, 2.75) is 44.6 Å². The molecule has 3 heterocycles. The number of hydrazine groups is 1. The van der Waals surface area contributed by atoms with E-state index in [-0.39, 0.29) is 34.7 Å². The van der Waals surface area contributed by atoms with Crippen LogP contribution in [0.3, 0.4) is 0 Å². The number of piperazine rings is 1. The van der Waals surface area contributed by atoms with Gasteiger partial charge in [-0.05, 0) is 102 Å². The quantitative estimate of drug-likeness (QED) is 0.0517. The number of nitrogens with one attached hydrogen (secondary N) is 4. The third-order valence-electron chi connectivity index (χ3n) is 11.5. The Balaban J connectivity index is 0.997. The highest BCUT2D eigenvalue weighted by molar-refractivity contribution is 7.90. The number of H-pyrrole nitrogens is 1. The number of hydrogen-bond donors (Lipinski definition) is 5. The zero-order valence-corrected chi connectivity index (χ0v) is 36.3. The largest absolute Gasteiger partial charge is 0.508 e. The maximum atomic E-state index is 13.9. The van der Waals surface area contributed by atoms with Crippen LogP contribution in [0.5, 0.6) is 17.2 Å². The number of halogens is 1. The van der Waals surface area contributed by atoms with Crippen molar-refractivity contribution in [1.82, 2.24) is 25.0 Å². The lowest BCUT2D eigenvalue weighted by Crippen LogP contribution is -2.47. The Kier molecular flexibility index (Phi) is 12.4. The fraction of sp³-hybridized carbons (Fsp3) is 0.261. The number of anilines is 2. The Bertz CT molecular complexity index is 2820. The Hall–Kier alpha value is -6.46. The maximum absolute atomic E-state index is 13.9. The van der Waals surface area contributed by atoms with Crippen LogP contribution in [-0.4, -0.2) is 71.9 Å². The number of ether oxygens (including phenoxy) is 1. The number of phenolic OH excluding ortho intramolecular Hbond substituents is 1. The minimum atomic E-state index is -4.62. The molecule has 1 aliphatic carbocycles. The minimum Gasteiger partial charge on any atom is -0.508 e. The summed E-state index contributed by atoms with van der Waals surface area (Å²) in [6.07, 6.45) is 6.42. The van der Waals surface area contributed by atoms with Gasteiger partial charge in [0, 0.05) is 73.7 Å². The van der Waals surface area contributed by atoms with Gasteiger partial charge in [0.05, 0.1) is 21.6 Å². The summed E-state index contributed by atoms with van der Waals surface area (Å²) in [6.45, 7) is 8.75. The van der Waals surface area contributed by atoms with Crippen molar-refractivity contribution in [3.8, 4) is 17.2 Å². The van der Waals surface area contributed by atoms with Crippen molar-refractivity contribution < 1.29 is 28.0 Å². The first-order chi connectivity index (χ1) is 30.2. The van der Waals surface area contributed by atoms with E-state index in [1.165, 1.54) is 47.2 Å². The molecule has 0 atom stereocenters. The van der Waals surface area contributed by atoms with Crippen LogP contribution >= 0.6 is 11.6 Å². The highest BCUT2D eigenvalue weighted by atomic mass is 35.5. The highest BCUT2D eigenvalue weighted by Crippen LogP contribution is 2.43. The van der Waals surface area contributed by atoms with E-state index in [1.807, 2.05) is 18.2 Å². The number of phenols is 1. The molecule has 0 spiro atoms. The summed E-state index contributed by atoms with van der Waals surface area (Å²) in [5.41, 5.74) is 11.4. The van der Waals surface area contributed by atoms with Crippen LogP contribution in [0.2, 0.25) is 5.02 Å². The second kappa shape index (κ2) is 18.1. The van der Waals surface area contributed by atoms with Crippen molar-refractivity contribution in [2.24, 2.45) is 5.41 Å². The Morgan fingerprint density at radius 3 is 2.56 bits per heavy atom. The highest BCUT2D eigenvalue weighted by Gasteiger charge is 2.30. The number of carbonyl (C=O) groups excluding carboxylic acids is 1. The molecule has 1 amide bonds. The van der Waals surface area contributed by atoms with Crippen LogP contribution in [-0.2, 0) is 16.6 Å². The van der Waals surface area contributed by atoms with E-state index in [9.17, 15) is 28.4 Å². The number of aromatic amines is 1. The van der Waals surface area contributed by atoms with Crippen molar-refractivity contribution in [3.63, 3.8) is 0 Å². The van der Waals surface area contributed by atoms with Gasteiger partial charge in [0.1, 0.15) is 28.6 Å². The number of aromatic nitrogens is 2. The molecule has 6 aromatic rings. The molecular formula is C46H47ClN8O7S. The fourth-order valence-corrected chi connectivity index (χ4v) is 9.17. The Morgan fingerprint density at radius 2 is 1.79 bits per heavy atom. The standard InChI is InChI=1S/C46H47ClN8O7S/c1-46(2)16-14-33(40(26-46)31-6-8-34(47)9-7-31)29-53-18-20-54(21-19-53)35-10-12-39(43(24-35)62-37-23-32-15-17-48-44(32)49-28-37)45(57)52-63(60,61)38-11-13-41(42(25-38)55(58)59)51-50-27-30-4-3-5-36(56)22-30/h3-13,15,17,22-25,28,50-51,56H,14,16,18-21,26-27,29H2,1-2H3,(H,48,49)(H,52,57). The third kappa shape index (κ3) is 10.3. The van der Waals surface area contributed by atoms with Gasteiger partial charge in [0.2, 0.25) is 0 Å². The predicted molar refractivity (Wildman–Crippen MR) is 244 cm³/mol. The van der Waals surface area contributed by atoms with Crippen molar-refractivity contribution in [1.29, 1.82) is 0 Å². The van der Waals surface area contributed by atoms with Gasteiger partial charge in [-0.2, -0.15) is 0 Å². The van der Waals surface area contributed by atoms with Crippen LogP contribution in [0, 0.1) is 15.5 Å². The summed E-state index contributed by atoms with van der Waals surface area (Å²) in [4.78, 5) is 36.9. The first-order valence-corrected chi connectivity index (χ1v) is 22.4. The molecule has 0 bridgehead atoms. The average Bonchev–Trinajstić information content (AvgIpc) is 3.73. The normalized spacial score (nSPS) is 15.6. The number of fused-ring (bicyclic) bond motifs is 1. The molecule has 4 aromatic carbocycles. The Labute approximate surface area is 369 Å². The zero-order chi connectivity index (χ0) is 44.3. The lowest BCUT2D eigenvalue weighted by atomic mass is 9.72. The van der Waals surface area contributed by atoms with E-state index in [2.05, 4.69) is 61.3 Å². The van der Waals surface area contributed by atoms with Crippen LogP contribution in [0.25, 0.3) is 16.6 Å². The maximum Gasteiger partial charge on any atom is 0.295 e. The number of allylic oxidation sites excluding steroid dienone is 1. The smallest absolute Gasteiger partial charge is 0.295 e. The van der Waals surface area contributed by atoms with Crippen LogP contribution in [0.15, 0.2) is 120 Å². The summed E-state index contributed by atoms with van der Waals surface area (Å²) < 4.78 is 35.7. The predicted octanol–water partition coefficient (Wildman–Crippen LogP) is 8.64. The molecule has 2 aromatic heterocycles. The molecule has 0 radical (unpaired) electrons. The zero-order valence-electron chi connectivity index (χ0n) is 34.7. The van der Waals surface area contributed by atoms with Crippen molar-refractivity contribution >= 4 is 61.2 Å². The summed E-state index contributed by atoms with van der Waals surface area (Å²) in [7, 11) is -4.62. The van der Waals surface area contributed by atoms with Gasteiger partial charge in [-0.15, -0.1) is 0 Å². The summed E-state index contributed by atoms with van der Waals surface area (Å²) in [5, 5.41) is 23.3. The minimum absolute atomic E-state index is 0.0108. The number of pyridine rings is 1. The molecule has 0 unspecified atom stereocenters. The van der Waals surface area contributed by atoms with E-state index in [1.54, 1.807) is 36.5 Å². The van der Waals surface area contributed by atoms with Gasteiger partial charge in [0.25, 0.3) is 21.6 Å². The average molecular weight is 891 g/mol. The van der Waals surface area contributed by atoms with Gasteiger partial charge in [0.15, 0.2) is 0 Å². The van der Waals surface area contributed by atoms with Gasteiger partial charge >= 0.3 is 0 Å². The number of benzene rings is 4. The molecule has 8 rings (SSSR count). The molecule has 326 valence electrons. The number of rotatable bonds is 14. The number of nitro benzene ring substituents is 1. The summed E-state index contributed by atoms with van der Waals surface area (Å²) >= 11 is 6.24. The second-order valence-corrected chi connectivity index (χ2v) is 18.7. The van der Waals surface area contributed by atoms with Gasteiger partial charge in [-0.3, -0.25) is 19.8 Å². The molecule has 1 saturated heterocycles. The van der Waals surface area contributed by atoms with Crippen LogP contribution in [0.1, 0.15) is 54.6 Å². The molecule has 15 nitrogen and oxygen atoms in total. The molecule has 5 N–H and O–H groups in total. The van der Waals surface area contributed by atoms with Gasteiger partial charge < -0.3 is 25.2 Å². The lowest BCUT2D eigenvalue weighted by molar-refractivity contribution is -0.384. The number of nitrogens with zero attached hydrogens (tertiary/aromatic N) is 4. The van der Waals surface area contributed by atoms with Crippen LogP contribution < -0.4 is 25.2 Å². The summed E-state index contributed by atoms with van der Waals surface area (Å²) in [6, 6.07) is 26.4. The number of aromatic hydroxyl groups is 1. The monoisotopic (exact) mass is 890 g/mol. The Morgan fingerprint density at radius 1 is 1.00 bits per heavy atom. The van der Waals surface area contributed by atoms with E-state index in [4.69, 9.17) is 16.3 Å². The molecule has 63 heavy (non-hydrogen) atoms. The van der Waals surface area contributed by atoms with Gasteiger partial charge in [-0.25, -0.2) is 23.5 Å². The van der Waals surface area contributed by atoms with Crippen molar-refractivity contribution in [3.05, 3.63) is 147 Å². The number of carbonyl (C=O) groups is 1. The fourth-order valence-electron chi connectivity index (χ4n) is 8.06. The SMILES string of the molecule is CC1(C)CCC(CN2CCN(c3ccc(C(=O)NS(=O)(=O)c4ccc(NNCc5cccc(O)c5)c([N+](=O)[O-])c4)c(Oc4cnc5[nH]ccc5c4)c3)CC2)=C(c2ccc(Cl)cc2)C1. The van der Waals surface area contributed by atoms with E-state index in [0.29, 0.717) is 30.0 Å². The van der Waals surface area contributed by atoms with Crippen LogP contribution in [0.4, 0.5) is 17.1 Å². The van der Waals surface area contributed by atoms with E-state index >= 15 is 0 Å². The molecule has 2 aliphatic rings. The number of amides is 1. The first kappa shape index (κ1) is 43.2. The topological polar surface area (TPSA) is 195 Å². The molecule has 1 aliphatic heterocycles.